The van der Waals surface area contributed by atoms with Gasteiger partial charge in [0, 0.05) is 30.9 Å². The van der Waals surface area contributed by atoms with Crippen LogP contribution in [0, 0.1) is 6.92 Å². The molecule has 1 amide bonds. The van der Waals surface area contributed by atoms with Gasteiger partial charge in [0.15, 0.2) is 0 Å². The molecule has 3 rings (SSSR count). The quantitative estimate of drug-likeness (QED) is 0.871. The van der Waals surface area contributed by atoms with Gasteiger partial charge in [0.2, 0.25) is 5.91 Å². The molecule has 0 N–H and O–H groups in total. The first-order valence-corrected chi connectivity index (χ1v) is 7.75. The van der Waals surface area contributed by atoms with E-state index in [1.165, 1.54) is 0 Å². The number of hydrogen-bond donors (Lipinski definition) is 0. The highest BCUT2D eigenvalue weighted by Crippen LogP contribution is 2.25. The Balaban J connectivity index is 1.63. The highest BCUT2D eigenvalue weighted by atomic mass is 32.1. The first-order valence-electron chi connectivity index (χ1n) is 6.81. The summed E-state index contributed by atoms with van der Waals surface area (Å²) in [5.74, 6) is 1.36. The van der Waals surface area contributed by atoms with Crippen LogP contribution in [0.15, 0.2) is 29.1 Å². The molecular formula is C15H17N3OS. The molecule has 4 nitrogen and oxygen atoms in total. The van der Waals surface area contributed by atoms with Crippen LogP contribution in [-0.2, 0) is 11.2 Å². The molecule has 20 heavy (non-hydrogen) atoms. The van der Waals surface area contributed by atoms with Crippen molar-refractivity contribution in [3.8, 4) is 0 Å². The molecule has 1 aliphatic heterocycles. The Morgan fingerprint density at radius 2 is 2.40 bits per heavy atom. The summed E-state index contributed by atoms with van der Waals surface area (Å²) >= 11 is 1.63. The van der Waals surface area contributed by atoms with E-state index in [1.54, 1.807) is 17.5 Å². The summed E-state index contributed by atoms with van der Waals surface area (Å²) in [6.07, 6.45) is 3.26. The summed E-state index contributed by atoms with van der Waals surface area (Å²) in [6.45, 7) is 3.52. The molecule has 1 atom stereocenters. The third kappa shape index (κ3) is 2.88. The monoisotopic (exact) mass is 287 g/mol. The number of hydrogen-bond acceptors (Lipinski definition) is 4. The highest BCUT2D eigenvalue weighted by Gasteiger charge is 2.28. The van der Waals surface area contributed by atoms with Gasteiger partial charge in [0.1, 0.15) is 5.82 Å². The molecule has 1 fully saturated rings. The van der Waals surface area contributed by atoms with Gasteiger partial charge in [0.05, 0.1) is 6.42 Å². The van der Waals surface area contributed by atoms with Gasteiger partial charge in [-0.15, -0.1) is 0 Å². The van der Waals surface area contributed by atoms with Crippen molar-refractivity contribution in [3.63, 3.8) is 0 Å². The fraction of sp³-hybridized carbons (Fsp3) is 0.400. The lowest BCUT2D eigenvalue weighted by atomic mass is 10.1. The van der Waals surface area contributed by atoms with Crippen LogP contribution in [0.2, 0.25) is 0 Å². The van der Waals surface area contributed by atoms with E-state index in [9.17, 15) is 4.79 Å². The molecule has 0 aliphatic carbocycles. The van der Waals surface area contributed by atoms with Crippen molar-refractivity contribution >= 4 is 17.2 Å². The van der Waals surface area contributed by atoms with Crippen molar-refractivity contribution in [3.05, 3.63) is 46.2 Å². The zero-order valence-electron chi connectivity index (χ0n) is 11.5. The number of rotatable bonds is 3. The molecule has 0 spiro atoms. The van der Waals surface area contributed by atoms with Gasteiger partial charge in [-0.05, 0) is 41.8 Å². The normalized spacial score (nSPS) is 18.4. The van der Waals surface area contributed by atoms with Gasteiger partial charge in [-0.3, -0.25) is 4.79 Å². The minimum atomic E-state index is 0.207. The number of amides is 1. The number of nitrogens with zero attached hydrogens (tertiary/aromatic N) is 3. The standard InChI is InChI=1S/C15H17N3OS/c1-11-2-5-16-15(17-11)13-3-6-18(9-13)14(19)8-12-4-7-20-10-12/h2,4-5,7,10,13H,3,6,8-9H2,1H3/t13-/m0/s1. The molecule has 0 unspecified atom stereocenters. The van der Waals surface area contributed by atoms with Crippen molar-refractivity contribution in [2.75, 3.05) is 13.1 Å². The fourth-order valence-corrected chi connectivity index (χ4v) is 3.21. The first kappa shape index (κ1) is 13.2. The smallest absolute Gasteiger partial charge is 0.227 e. The van der Waals surface area contributed by atoms with E-state index in [2.05, 4.69) is 9.97 Å². The third-order valence-corrected chi connectivity index (χ3v) is 4.39. The van der Waals surface area contributed by atoms with E-state index in [0.717, 1.165) is 36.6 Å². The molecule has 5 heteroatoms. The van der Waals surface area contributed by atoms with Crippen LogP contribution in [0.5, 0.6) is 0 Å². The van der Waals surface area contributed by atoms with Crippen molar-refractivity contribution in [2.24, 2.45) is 0 Å². The topological polar surface area (TPSA) is 46.1 Å². The Morgan fingerprint density at radius 3 is 3.15 bits per heavy atom. The second kappa shape index (κ2) is 5.71. The zero-order valence-corrected chi connectivity index (χ0v) is 12.3. The summed E-state index contributed by atoms with van der Waals surface area (Å²) in [5.41, 5.74) is 2.09. The van der Waals surface area contributed by atoms with Crippen molar-refractivity contribution in [1.29, 1.82) is 0 Å². The Morgan fingerprint density at radius 1 is 1.50 bits per heavy atom. The van der Waals surface area contributed by atoms with E-state index in [1.807, 2.05) is 34.7 Å². The SMILES string of the molecule is Cc1ccnc([C@H]2CCN(C(=O)Cc3ccsc3)C2)n1. The summed E-state index contributed by atoms with van der Waals surface area (Å²) in [5, 5.41) is 4.05. The molecule has 2 aromatic rings. The minimum absolute atomic E-state index is 0.207. The van der Waals surface area contributed by atoms with Crippen LogP contribution in [-0.4, -0.2) is 33.9 Å². The third-order valence-electron chi connectivity index (χ3n) is 3.66. The van der Waals surface area contributed by atoms with Crippen LogP contribution in [0.4, 0.5) is 0 Å². The number of carbonyl (C=O) groups is 1. The van der Waals surface area contributed by atoms with E-state index < -0.39 is 0 Å². The van der Waals surface area contributed by atoms with Crippen LogP contribution in [0.3, 0.4) is 0 Å². The van der Waals surface area contributed by atoms with Gasteiger partial charge >= 0.3 is 0 Å². The largest absolute Gasteiger partial charge is 0.342 e. The Kier molecular flexibility index (Phi) is 3.78. The zero-order chi connectivity index (χ0) is 13.9. The van der Waals surface area contributed by atoms with E-state index >= 15 is 0 Å². The lowest BCUT2D eigenvalue weighted by molar-refractivity contribution is -0.129. The van der Waals surface area contributed by atoms with Gasteiger partial charge < -0.3 is 4.90 Å². The lowest BCUT2D eigenvalue weighted by Crippen LogP contribution is -2.29. The van der Waals surface area contributed by atoms with Crippen LogP contribution in [0.1, 0.15) is 29.4 Å². The van der Waals surface area contributed by atoms with Crippen molar-refractivity contribution < 1.29 is 4.79 Å². The van der Waals surface area contributed by atoms with E-state index in [4.69, 9.17) is 0 Å². The molecule has 3 heterocycles. The van der Waals surface area contributed by atoms with Gasteiger partial charge in [0.25, 0.3) is 0 Å². The number of likely N-dealkylation sites (tertiary alicyclic amines) is 1. The van der Waals surface area contributed by atoms with Gasteiger partial charge in [-0.25, -0.2) is 9.97 Å². The number of aryl methyl sites for hydroxylation is 1. The maximum absolute atomic E-state index is 12.2. The predicted octanol–water partition coefficient (Wildman–Crippen LogP) is 2.41. The van der Waals surface area contributed by atoms with Crippen LogP contribution < -0.4 is 0 Å². The lowest BCUT2D eigenvalue weighted by Gasteiger charge is -2.16. The van der Waals surface area contributed by atoms with Crippen molar-refractivity contribution in [1.82, 2.24) is 14.9 Å². The Hall–Kier alpha value is -1.75. The predicted molar refractivity (Wildman–Crippen MR) is 78.7 cm³/mol. The maximum atomic E-state index is 12.2. The second-order valence-electron chi connectivity index (χ2n) is 5.19. The first-order chi connectivity index (χ1) is 9.72. The van der Waals surface area contributed by atoms with Gasteiger partial charge in [-0.1, -0.05) is 0 Å². The van der Waals surface area contributed by atoms with E-state index in [0.29, 0.717) is 6.42 Å². The Bertz CT molecular complexity index is 597. The van der Waals surface area contributed by atoms with Crippen LogP contribution in [0.25, 0.3) is 0 Å². The van der Waals surface area contributed by atoms with Gasteiger partial charge in [-0.2, -0.15) is 11.3 Å². The molecular weight excluding hydrogens is 270 g/mol. The number of carbonyl (C=O) groups excluding carboxylic acids is 1. The molecule has 0 aromatic carbocycles. The number of aromatic nitrogens is 2. The summed E-state index contributed by atoms with van der Waals surface area (Å²) in [7, 11) is 0. The van der Waals surface area contributed by atoms with E-state index in [-0.39, 0.29) is 11.8 Å². The molecule has 1 aliphatic rings. The summed E-state index contributed by atoms with van der Waals surface area (Å²) in [6, 6.07) is 3.91. The minimum Gasteiger partial charge on any atom is -0.342 e. The van der Waals surface area contributed by atoms with Crippen molar-refractivity contribution in [2.45, 2.75) is 25.7 Å². The molecule has 104 valence electrons. The summed E-state index contributed by atoms with van der Waals surface area (Å²) in [4.78, 5) is 23.0. The highest BCUT2D eigenvalue weighted by molar-refractivity contribution is 7.07. The molecule has 0 bridgehead atoms. The number of thiophene rings is 1. The molecule has 2 aromatic heterocycles. The fourth-order valence-electron chi connectivity index (χ4n) is 2.54. The second-order valence-corrected chi connectivity index (χ2v) is 5.97. The molecule has 1 saturated heterocycles. The molecule has 0 saturated carbocycles. The maximum Gasteiger partial charge on any atom is 0.227 e. The average Bonchev–Trinajstić information content (AvgIpc) is 3.09. The summed E-state index contributed by atoms with van der Waals surface area (Å²) < 4.78 is 0. The average molecular weight is 287 g/mol. The van der Waals surface area contributed by atoms with Crippen LogP contribution >= 0.6 is 11.3 Å². The molecule has 0 radical (unpaired) electrons. The Labute approximate surface area is 122 Å².